The summed E-state index contributed by atoms with van der Waals surface area (Å²) in [6.07, 6.45) is 4.23. The molecule has 0 radical (unpaired) electrons. The third-order valence-corrected chi connectivity index (χ3v) is 1.53. The fourth-order valence-electron chi connectivity index (χ4n) is 0.896. The topological polar surface area (TPSA) is 78.1 Å². The summed E-state index contributed by atoms with van der Waals surface area (Å²) in [5.74, 6) is -0.206. The van der Waals surface area contributed by atoms with Crippen LogP contribution in [-0.2, 0) is 4.74 Å². The Morgan fingerprint density at radius 3 is 2.77 bits per heavy atom. The first kappa shape index (κ1) is 9.76. The van der Waals surface area contributed by atoms with Crippen LogP contribution in [0.5, 0.6) is 0 Å². The molecule has 0 aromatic carbocycles. The number of aromatic nitrogens is 2. The van der Waals surface area contributed by atoms with Crippen molar-refractivity contribution in [2.75, 3.05) is 13.7 Å². The smallest absolute Gasteiger partial charge is 0.184 e. The van der Waals surface area contributed by atoms with Crippen molar-refractivity contribution >= 4 is 5.78 Å². The predicted octanol–water partition coefficient (Wildman–Crippen LogP) is -0.367. The Balaban J connectivity index is 2.68. The molecule has 1 rings (SSSR count). The summed E-state index contributed by atoms with van der Waals surface area (Å²) < 4.78 is 4.76. The van der Waals surface area contributed by atoms with Gasteiger partial charge < -0.3 is 10.5 Å². The second-order valence-corrected chi connectivity index (χ2v) is 2.55. The number of carbonyl (C=O) groups is 1. The first-order valence-electron chi connectivity index (χ1n) is 3.79. The Morgan fingerprint density at radius 2 is 2.23 bits per heavy atom. The molecule has 1 heterocycles. The molecule has 5 nitrogen and oxygen atoms in total. The van der Waals surface area contributed by atoms with Crippen molar-refractivity contribution in [3.8, 4) is 0 Å². The van der Waals surface area contributed by atoms with Gasteiger partial charge in [-0.25, -0.2) is 9.97 Å². The lowest BCUT2D eigenvalue weighted by Gasteiger charge is -2.07. The summed E-state index contributed by atoms with van der Waals surface area (Å²) in [6.45, 7) is 0.202. The summed E-state index contributed by atoms with van der Waals surface area (Å²) in [4.78, 5) is 18.9. The molecule has 1 aromatic rings. The highest BCUT2D eigenvalue weighted by atomic mass is 16.5. The van der Waals surface area contributed by atoms with E-state index in [1.165, 1.54) is 25.8 Å². The van der Waals surface area contributed by atoms with Gasteiger partial charge in [0.15, 0.2) is 5.78 Å². The molecule has 0 aliphatic rings. The molecular weight excluding hydrogens is 170 g/mol. The van der Waals surface area contributed by atoms with Crippen molar-refractivity contribution in [3.05, 3.63) is 24.3 Å². The zero-order valence-corrected chi connectivity index (χ0v) is 7.30. The molecule has 1 atom stereocenters. The van der Waals surface area contributed by atoms with Crippen molar-refractivity contribution < 1.29 is 9.53 Å². The van der Waals surface area contributed by atoms with Crippen LogP contribution >= 0.6 is 0 Å². The van der Waals surface area contributed by atoms with E-state index in [0.717, 1.165) is 0 Å². The summed E-state index contributed by atoms with van der Waals surface area (Å²) in [6, 6.07) is -0.643. The third-order valence-electron chi connectivity index (χ3n) is 1.53. The maximum atomic E-state index is 11.4. The van der Waals surface area contributed by atoms with Gasteiger partial charge in [0.1, 0.15) is 6.33 Å². The first-order chi connectivity index (χ1) is 6.25. The van der Waals surface area contributed by atoms with Crippen LogP contribution in [0.3, 0.4) is 0 Å². The lowest BCUT2D eigenvalue weighted by atomic mass is 10.1. The van der Waals surface area contributed by atoms with Gasteiger partial charge in [0, 0.05) is 19.5 Å². The summed E-state index contributed by atoms with van der Waals surface area (Å²) in [7, 11) is 1.49. The van der Waals surface area contributed by atoms with Gasteiger partial charge >= 0.3 is 0 Å². The number of methoxy groups -OCH3 is 1. The molecule has 0 amide bonds. The quantitative estimate of drug-likeness (QED) is 0.641. The number of rotatable bonds is 4. The minimum atomic E-state index is -0.643. The van der Waals surface area contributed by atoms with Crippen molar-refractivity contribution in [1.82, 2.24) is 9.97 Å². The monoisotopic (exact) mass is 181 g/mol. The van der Waals surface area contributed by atoms with Gasteiger partial charge in [-0.3, -0.25) is 4.79 Å². The van der Waals surface area contributed by atoms with Gasteiger partial charge in [0.2, 0.25) is 0 Å². The molecular formula is C8H11N3O2. The van der Waals surface area contributed by atoms with E-state index in [1.54, 1.807) is 0 Å². The van der Waals surface area contributed by atoms with Gasteiger partial charge in [0.25, 0.3) is 0 Å². The van der Waals surface area contributed by atoms with Crippen molar-refractivity contribution in [1.29, 1.82) is 0 Å². The van der Waals surface area contributed by atoms with E-state index < -0.39 is 6.04 Å². The van der Waals surface area contributed by atoms with Crippen LogP contribution in [0.1, 0.15) is 10.4 Å². The van der Waals surface area contributed by atoms with Gasteiger partial charge in [-0.2, -0.15) is 0 Å². The largest absolute Gasteiger partial charge is 0.383 e. The highest BCUT2D eigenvalue weighted by Gasteiger charge is 2.15. The van der Waals surface area contributed by atoms with Gasteiger partial charge in [0.05, 0.1) is 18.2 Å². The van der Waals surface area contributed by atoms with Crippen molar-refractivity contribution in [2.24, 2.45) is 5.73 Å². The average Bonchev–Trinajstić information content (AvgIpc) is 2.18. The maximum Gasteiger partial charge on any atom is 0.184 e. The minimum absolute atomic E-state index is 0.202. The van der Waals surface area contributed by atoms with Crippen LogP contribution in [0.4, 0.5) is 0 Å². The van der Waals surface area contributed by atoms with E-state index in [4.69, 9.17) is 10.5 Å². The molecule has 2 N–H and O–H groups in total. The van der Waals surface area contributed by atoms with Crippen LogP contribution in [0.15, 0.2) is 18.7 Å². The number of nitrogens with two attached hydrogens (primary N) is 1. The molecule has 0 aliphatic carbocycles. The second kappa shape index (κ2) is 4.64. The Bertz CT molecular complexity index is 276. The minimum Gasteiger partial charge on any atom is -0.383 e. The molecule has 0 spiro atoms. The van der Waals surface area contributed by atoms with E-state index in [9.17, 15) is 4.79 Å². The van der Waals surface area contributed by atoms with E-state index in [0.29, 0.717) is 5.56 Å². The fourth-order valence-corrected chi connectivity index (χ4v) is 0.896. The van der Waals surface area contributed by atoms with Crippen LogP contribution in [0.25, 0.3) is 0 Å². The number of hydrogen-bond donors (Lipinski definition) is 1. The van der Waals surface area contributed by atoms with E-state index in [-0.39, 0.29) is 12.4 Å². The zero-order chi connectivity index (χ0) is 9.68. The Labute approximate surface area is 75.9 Å². The van der Waals surface area contributed by atoms with Crippen LogP contribution < -0.4 is 5.73 Å². The number of ketones is 1. The molecule has 13 heavy (non-hydrogen) atoms. The molecule has 1 unspecified atom stereocenters. The normalized spacial score (nSPS) is 12.5. The Morgan fingerprint density at radius 1 is 1.62 bits per heavy atom. The van der Waals surface area contributed by atoms with Crippen molar-refractivity contribution in [3.63, 3.8) is 0 Å². The number of nitrogens with zero attached hydrogens (tertiary/aromatic N) is 2. The molecule has 0 fully saturated rings. The van der Waals surface area contributed by atoms with Crippen molar-refractivity contribution in [2.45, 2.75) is 6.04 Å². The van der Waals surface area contributed by atoms with E-state index >= 15 is 0 Å². The molecule has 5 heteroatoms. The first-order valence-corrected chi connectivity index (χ1v) is 3.79. The third kappa shape index (κ3) is 2.57. The van der Waals surface area contributed by atoms with Crippen LogP contribution in [0, 0.1) is 0 Å². The van der Waals surface area contributed by atoms with E-state index in [1.807, 2.05) is 0 Å². The highest BCUT2D eigenvalue weighted by molar-refractivity contribution is 5.99. The lowest BCUT2D eigenvalue weighted by Crippen LogP contribution is -2.34. The molecule has 0 saturated heterocycles. The molecule has 1 aromatic heterocycles. The summed E-state index contributed by atoms with van der Waals surface area (Å²) >= 11 is 0. The fraction of sp³-hybridized carbons (Fsp3) is 0.375. The molecule has 70 valence electrons. The van der Waals surface area contributed by atoms with Crippen LogP contribution in [-0.4, -0.2) is 35.5 Å². The SMILES string of the molecule is COCC(N)C(=O)c1cncnc1. The molecule has 0 aliphatic heterocycles. The summed E-state index contributed by atoms with van der Waals surface area (Å²) in [5, 5.41) is 0. The zero-order valence-electron chi connectivity index (χ0n) is 7.30. The molecule has 0 bridgehead atoms. The molecule has 0 saturated carbocycles. The standard InChI is InChI=1S/C8H11N3O2/c1-13-4-7(9)8(12)6-2-10-5-11-3-6/h2-3,5,7H,4,9H2,1H3. The van der Waals surface area contributed by atoms with Gasteiger partial charge in [-0.1, -0.05) is 0 Å². The Kier molecular flexibility index (Phi) is 3.48. The maximum absolute atomic E-state index is 11.4. The Hall–Kier alpha value is -1.33. The van der Waals surface area contributed by atoms with E-state index in [2.05, 4.69) is 9.97 Å². The summed E-state index contributed by atoms with van der Waals surface area (Å²) in [5.41, 5.74) is 5.94. The number of carbonyl (C=O) groups excluding carboxylic acids is 1. The number of Topliss-reactive ketones (excluding diaryl/α,β-unsaturated/α-hetero) is 1. The lowest BCUT2D eigenvalue weighted by molar-refractivity contribution is 0.0891. The average molecular weight is 181 g/mol. The number of hydrogen-bond acceptors (Lipinski definition) is 5. The number of ether oxygens (including phenoxy) is 1. The highest BCUT2D eigenvalue weighted by Crippen LogP contribution is 1.98. The second-order valence-electron chi connectivity index (χ2n) is 2.55. The predicted molar refractivity (Wildman–Crippen MR) is 46.2 cm³/mol. The van der Waals surface area contributed by atoms with Crippen LogP contribution in [0.2, 0.25) is 0 Å². The van der Waals surface area contributed by atoms with Gasteiger partial charge in [-0.15, -0.1) is 0 Å². The van der Waals surface area contributed by atoms with Gasteiger partial charge in [-0.05, 0) is 0 Å².